The van der Waals surface area contributed by atoms with E-state index in [9.17, 15) is 9.90 Å². The maximum absolute atomic E-state index is 11.0. The Balaban J connectivity index is 2.86. The highest BCUT2D eigenvalue weighted by Gasteiger charge is 2.35. The molecule has 0 bridgehead atoms. The van der Waals surface area contributed by atoms with Crippen LogP contribution in [0.15, 0.2) is 30.3 Å². The quantitative estimate of drug-likeness (QED) is 0.433. The number of aliphatic hydroxyl groups excluding tert-OH is 1. The Morgan fingerprint density at radius 2 is 1.71 bits per heavy atom. The number of aliphatic carboxylic acids is 1. The smallest absolute Gasteiger partial charge is 0.311 e. The second-order valence-corrected chi connectivity index (χ2v) is 3.74. The average Bonchev–Trinajstić information content (AvgIpc) is 2.25. The Kier molecular flexibility index (Phi) is 4.19. The summed E-state index contributed by atoms with van der Waals surface area (Å²) in [7, 11) is 0. The fraction of sp³-hybridized carbons (Fsp3) is 0.364. The summed E-state index contributed by atoms with van der Waals surface area (Å²) in [6, 6.07) is 8.04. The molecule has 17 heavy (non-hydrogen) atoms. The molecule has 0 fully saturated rings. The zero-order valence-electron chi connectivity index (χ0n) is 8.89. The largest absolute Gasteiger partial charge is 0.481 e. The van der Waals surface area contributed by atoms with Crippen LogP contribution in [0.4, 0.5) is 0 Å². The van der Waals surface area contributed by atoms with Crippen LogP contribution >= 0.6 is 0 Å². The first-order valence-corrected chi connectivity index (χ1v) is 4.95. The maximum Gasteiger partial charge on any atom is 0.311 e. The Hall–Kier alpha value is -1.47. The molecule has 1 aromatic rings. The van der Waals surface area contributed by atoms with Crippen LogP contribution < -0.4 is 0 Å². The fourth-order valence-corrected chi connectivity index (χ4v) is 1.45. The molecule has 0 aliphatic carbocycles. The third kappa shape index (κ3) is 3.79. The van der Waals surface area contributed by atoms with Gasteiger partial charge in [-0.15, -0.1) is 0 Å². The molecule has 94 valence electrons. The van der Waals surface area contributed by atoms with Crippen molar-refractivity contribution in [2.24, 2.45) is 0 Å². The molecule has 2 unspecified atom stereocenters. The third-order valence-corrected chi connectivity index (χ3v) is 2.41. The fourth-order valence-electron chi connectivity index (χ4n) is 1.45. The Labute approximate surface area is 97.4 Å². The standard InChI is InChI=1S/C11H14O6/c12-9(11(15,16)17)6-8(10(13)14)7-4-2-1-3-5-7/h1-5,8-9,12,15-17H,6H2,(H,13,14). The van der Waals surface area contributed by atoms with Gasteiger partial charge in [-0.1, -0.05) is 30.3 Å². The van der Waals surface area contributed by atoms with Gasteiger partial charge in [0.2, 0.25) is 0 Å². The zero-order chi connectivity index (χ0) is 13.1. The van der Waals surface area contributed by atoms with Crippen LogP contribution in [0, 0.1) is 0 Å². The van der Waals surface area contributed by atoms with E-state index in [0.717, 1.165) is 0 Å². The highest BCUT2D eigenvalue weighted by molar-refractivity contribution is 5.76. The van der Waals surface area contributed by atoms with Crippen LogP contribution in [0.25, 0.3) is 0 Å². The van der Waals surface area contributed by atoms with E-state index >= 15 is 0 Å². The molecular formula is C11H14O6. The third-order valence-electron chi connectivity index (χ3n) is 2.41. The van der Waals surface area contributed by atoms with Gasteiger partial charge in [0, 0.05) is 0 Å². The second-order valence-electron chi connectivity index (χ2n) is 3.74. The lowest BCUT2D eigenvalue weighted by Crippen LogP contribution is -2.43. The molecule has 0 aromatic heterocycles. The number of hydrogen-bond acceptors (Lipinski definition) is 5. The number of carboxylic acid groups (broad SMARTS) is 1. The van der Waals surface area contributed by atoms with Crippen LogP contribution in [0.5, 0.6) is 0 Å². The molecule has 0 saturated heterocycles. The van der Waals surface area contributed by atoms with Gasteiger partial charge in [-0.25, -0.2) is 0 Å². The summed E-state index contributed by atoms with van der Waals surface area (Å²) >= 11 is 0. The molecule has 1 aromatic carbocycles. The predicted octanol–water partition coefficient (Wildman–Crippen LogP) is -0.764. The Morgan fingerprint density at radius 1 is 1.18 bits per heavy atom. The topological polar surface area (TPSA) is 118 Å². The lowest BCUT2D eigenvalue weighted by molar-refractivity contribution is -0.355. The molecule has 6 heteroatoms. The number of aliphatic hydroxyl groups is 4. The Morgan fingerprint density at radius 3 is 2.12 bits per heavy atom. The van der Waals surface area contributed by atoms with Crippen LogP contribution in [0.1, 0.15) is 17.9 Å². The van der Waals surface area contributed by atoms with Gasteiger partial charge in [-0.2, -0.15) is 0 Å². The van der Waals surface area contributed by atoms with Crippen molar-refractivity contribution in [2.75, 3.05) is 0 Å². The number of rotatable bonds is 5. The molecule has 0 aliphatic heterocycles. The summed E-state index contributed by atoms with van der Waals surface area (Å²) < 4.78 is 0. The average molecular weight is 242 g/mol. The SMILES string of the molecule is O=C(O)C(CC(O)C(O)(O)O)c1ccccc1. The van der Waals surface area contributed by atoms with Crippen molar-refractivity contribution in [3.05, 3.63) is 35.9 Å². The summed E-state index contributed by atoms with van der Waals surface area (Å²) in [6.07, 6.45) is -2.48. The van der Waals surface area contributed by atoms with Gasteiger partial charge in [0.25, 0.3) is 0 Å². The van der Waals surface area contributed by atoms with Crippen LogP contribution in [-0.4, -0.2) is 43.6 Å². The highest BCUT2D eigenvalue weighted by Crippen LogP contribution is 2.24. The van der Waals surface area contributed by atoms with Crippen molar-refractivity contribution < 1.29 is 30.3 Å². The maximum atomic E-state index is 11.0. The summed E-state index contributed by atoms with van der Waals surface area (Å²) in [5.74, 6) is -5.65. The zero-order valence-corrected chi connectivity index (χ0v) is 8.89. The van der Waals surface area contributed by atoms with Crippen LogP contribution in [0.3, 0.4) is 0 Å². The van der Waals surface area contributed by atoms with E-state index in [1.165, 1.54) is 0 Å². The van der Waals surface area contributed by atoms with Gasteiger partial charge < -0.3 is 25.5 Å². The van der Waals surface area contributed by atoms with Gasteiger partial charge in [0.15, 0.2) is 0 Å². The number of benzene rings is 1. The summed E-state index contributed by atoms with van der Waals surface area (Å²) in [4.78, 5) is 11.0. The van der Waals surface area contributed by atoms with Gasteiger partial charge in [0.1, 0.15) is 6.10 Å². The first kappa shape index (κ1) is 13.6. The number of carbonyl (C=O) groups is 1. The van der Waals surface area contributed by atoms with E-state index in [1.54, 1.807) is 30.3 Å². The number of hydrogen-bond donors (Lipinski definition) is 5. The first-order valence-electron chi connectivity index (χ1n) is 4.95. The molecular weight excluding hydrogens is 228 g/mol. The molecule has 5 N–H and O–H groups in total. The van der Waals surface area contributed by atoms with Crippen LogP contribution in [-0.2, 0) is 4.79 Å². The number of carboxylic acids is 1. The minimum absolute atomic E-state index is 0.406. The van der Waals surface area contributed by atoms with Gasteiger partial charge in [0.05, 0.1) is 5.92 Å². The summed E-state index contributed by atoms with van der Waals surface area (Å²) in [6.45, 7) is 0. The second kappa shape index (κ2) is 5.24. The molecule has 0 spiro atoms. The Bertz CT molecular complexity index is 369. The van der Waals surface area contributed by atoms with Crippen molar-refractivity contribution >= 4 is 5.97 Å². The van der Waals surface area contributed by atoms with Crippen molar-refractivity contribution in [1.29, 1.82) is 0 Å². The minimum atomic E-state index is -3.30. The molecule has 0 aliphatic rings. The van der Waals surface area contributed by atoms with E-state index < -0.39 is 30.4 Å². The van der Waals surface area contributed by atoms with E-state index in [4.69, 9.17) is 20.4 Å². The summed E-state index contributed by atoms with van der Waals surface area (Å²) in [5.41, 5.74) is 0.406. The lowest BCUT2D eigenvalue weighted by atomic mass is 9.92. The summed E-state index contributed by atoms with van der Waals surface area (Å²) in [5, 5.41) is 44.4. The molecule has 0 saturated carbocycles. The van der Waals surface area contributed by atoms with Crippen molar-refractivity contribution in [3.8, 4) is 0 Å². The molecule has 0 radical (unpaired) electrons. The van der Waals surface area contributed by atoms with Crippen molar-refractivity contribution in [3.63, 3.8) is 0 Å². The molecule has 6 nitrogen and oxygen atoms in total. The van der Waals surface area contributed by atoms with E-state index in [1.807, 2.05) is 0 Å². The van der Waals surface area contributed by atoms with Crippen molar-refractivity contribution in [1.82, 2.24) is 0 Å². The van der Waals surface area contributed by atoms with Gasteiger partial charge in [-0.3, -0.25) is 4.79 Å². The molecule has 0 amide bonds. The molecule has 1 rings (SSSR count). The first-order chi connectivity index (χ1) is 7.82. The van der Waals surface area contributed by atoms with E-state index in [-0.39, 0.29) is 0 Å². The normalized spacial score (nSPS) is 15.3. The van der Waals surface area contributed by atoms with E-state index in [2.05, 4.69) is 0 Å². The minimum Gasteiger partial charge on any atom is -0.481 e. The molecule has 2 atom stereocenters. The van der Waals surface area contributed by atoms with E-state index in [0.29, 0.717) is 5.56 Å². The highest BCUT2D eigenvalue weighted by atomic mass is 16.7. The van der Waals surface area contributed by atoms with Gasteiger partial charge in [-0.05, 0) is 12.0 Å². The van der Waals surface area contributed by atoms with Crippen LogP contribution in [0.2, 0.25) is 0 Å². The van der Waals surface area contributed by atoms with Crippen molar-refractivity contribution in [2.45, 2.75) is 24.4 Å². The molecule has 0 heterocycles. The predicted molar refractivity (Wildman–Crippen MR) is 56.8 cm³/mol. The lowest BCUT2D eigenvalue weighted by Gasteiger charge is -2.23. The van der Waals surface area contributed by atoms with Gasteiger partial charge >= 0.3 is 11.9 Å². The monoisotopic (exact) mass is 242 g/mol.